The van der Waals surface area contributed by atoms with Crippen LogP contribution in [0.1, 0.15) is 0 Å². The standard InChI is InChI=1S/C51H30N4OS/c1-3-11-31(12-4-1)49-52-50(32-13-5-2-6-14-32)54-51(53-49)35-21-26-47-42(27-35)40-24-20-34(29-48(40)57-47)33-19-23-39-41-30-36(22-25-45(41)56-46(39)28-33)55-43-17-9-7-15-37(43)38-16-8-10-18-44(38)55/h1-30H. The van der Waals surface area contributed by atoms with E-state index in [0.29, 0.717) is 17.5 Å². The second-order valence-corrected chi connectivity index (χ2v) is 15.5. The van der Waals surface area contributed by atoms with Gasteiger partial charge >= 0.3 is 0 Å². The van der Waals surface area contributed by atoms with Crippen molar-refractivity contribution in [3.63, 3.8) is 0 Å². The van der Waals surface area contributed by atoms with Crippen molar-refractivity contribution in [2.75, 3.05) is 0 Å². The Morgan fingerprint density at radius 3 is 1.61 bits per heavy atom. The topological polar surface area (TPSA) is 56.7 Å². The number of hydrogen-bond donors (Lipinski definition) is 0. The summed E-state index contributed by atoms with van der Waals surface area (Å²) in [6.45, 7) is 0. The highest BCUT2D eigenvalue weighted by atomic mass is 32.1. The van der Waals surface area contributed by atoms with Gasteiger partial charge in [0.2, 0.25) is 0 Å². The van der Waals surface area contributed by atoms with Crippen molar-refractivity contribution >= 4 is 75.3 Å². The lowest BCUT2D eigenvalue weighted by atomic mass is 10.0. The van der Waals surface area contributed by atoms with Gasteiger partial charge in [-0.25, -0.2) is 15.0 Å². The summed E-state index contributed by atoms with van der Waals surface area (Å²) in [7, 11) is 0. The van der Waals surface area contributed by atoms with Crippen molar-refractivity contribution in [2.24, 2.45) is 0 Å². The Morgan fingerprint density at radius 1 is 0.351 bits per heavy atom. The molecule has 0 atom stereocenters. The van der Waals surface area contributed by atoms with Gasteiger partial charge in [0.15, 0.2) is 17.5 Å². The molecule has 0 fully saturated rings. The Labute approximate surface area is 330 Å². The lowest BCUT2D eigenvalue weighted by Crippen LogP contribution is -2.00. The molecule has 0 spiro atoms. The minimum Gasteiger partial charge on any atom is -0.456 e. The first kappa shape index (κ1) is 31.9. The van der Waals surface area contributed by atoms with E-state index >= 15 is 0 Å². The molecule has 0 unspecified atom stereocenters. The summed E-state index contributed by atoms with van der Waals surface area (Å²) in [5, 5.41) is 7.12. The third-order valence-electron chi connectivity index (χ3n) is 11.1. The van der Waals surface area contributed by atoms with E-state index in [2.05, 4.69) is 126 Å². The SMILES string of the molecule is c1ccc(-c2nc(-c3ccccc3)nc(-c3ccc4sc5cc(-c6ccc7c(c6)oc6ccc(-n8c9ccccc9c9ccccc98)cc67)ccc5c4c3)n2)cc1. The quantitative estimate of drug-likeness (QED) is 0.176. The molecule has 0 saturated carbocycles. The van der Waals surface area contributed by atoms with Crippen LogP contribution >= 0.6 is 11.3 Å². The molecule has 0 aliphatic rings. The van der Waals surface area contributed by atoms with Crippen molar-refractivity contribution in [2.45, 2.75) is 0 Å². The van der Waals surface area contributed by atoms with E-state index in [9.17, 15) is 0 Å². The molecule has 6 heteroatoms. The molecule has 0 bridgehead atoms. The first-order valence-electron chi connectivity index (χ1n) is 19.0. The Kier molecular flexibility index (Phi) is 7.03. The van der Waals surface area contributed by atoms with Gasteiger partial charge in [0, 0.05) is 64.1 Å². The minimum atomic E-state index is 0.655. The maximum absolute atomic E-state index is 6.50. The fourth-order valence-corrected chi connectivity index (χ4v) is 9.44. The molecule has 5 nitrogen and oxygen atoms in total. The van der Waals surface area contributed by atoms with Crippen LogP contribution in [0.15, 0.2) is 186 Å². The van der Waals surface area contributed by atoms with Gasteiger partial charge in [0.05, 0.1) is 11.0 Å². The summed E-state index contributed by atoms with van der Waals surface area (Å²) in [6, 6.07) is 63.9. The van der Waals surface area contributed by atoms with Gasteiger partial charge in [-0.2, -0.15) is 0 Å². The van der Waals surface area contributed by atoms with Crippen LogP contribution in [-0.2, 0) is 0 Å². The summed E-state index contributed by atoms with van der Waals surface area (Å²) < 4.78 is 11.3. The summed E-state index contributed by atoms with van der Waals surface area (Å²) in [6.07, 6.45) is 0. The highest BCUT2D eigenvalue weighted by Crippen LogP contribution is 2.40. The van der Waals surface area contributed by atoms with Crippen LogP contribution < -0.4 is 0 Å². The number of furan rings is 1. The van der Waals surface area contributed by atoms with Gasteiger partial charge in [0.1, 0.15) is 11.2 Å². The maximum Gasteiger partial charge on any atom is 0.164 e. The normalized spacial score (nSPS) is 11.9. The lowest BCUT2D eigenvalue weighted by Gasteiger charge is -2.08. The highest BCUT2D eigenvalue weighted by molar-refractivity contribution is 7.25. The van der Waals surface area contributed by atoms with Gasteiger partial charge in [-0.05, 0) is 77.9 Å². The Balaban J connectivity index is 0.921. The van der Waals surface area contributed by atoms with Crippen LogP contribution in [0.5, 0.6) is 0 Å². The first-order chi connectivity index (χ1) is 28.2. The predicted molar refractivity (Wildman–Crippen MR) is 236 cm³/mol. The zero-order valence-electron chi connectivity index (χ0n) is 30.4. The smallest absolute Gasteiger partial charge is 0.164 e. The fourth-order valence-electron chi connectivity index (χ4n) is 8.32. The average molecular weight is 747 g/mol. The molecule has 266 valence electrons. The summed E-state index contributed by atoms with van der Waals surface area (Å²) in [5.41, 5.74) is 10.4. The second kappa shape index (κ2) is 12.6. The van der Waals surface area contributed by atoms with Crippen molar-refractivity contribution in [3.05, 3.63) is 182 Å². The number of nitrogens with zero attached hydrogens (tertiary/aromatic N) is 4. The van der Waals surface area contributed by atoms with E-state index in [1.807, 2.05) is 60.7 Å². The van der Waals surface area contributed by atoms with E-state index < -0.39 is 0 Å². The number of benzene rings is 8. The molecular formula is C51H30N4OS. The Bertz CT molecular complexity index is 3420. The lowest BCUT2D eigenvalue weighted by molar-refractivity contribution is 0.669. The van der Waals surface area contributed by atoms with Gasteiger partial charge in [-0.15, -0.1) is 11.3 Å². The van der Waals surface area contributed by atoms with Gasteiger partial charge in [-0.1, -0.05) is 115 Å². The van der Waals surface area contributed by atoms with E-state index in [4.69, 9.17) is 19.4 Å². The molecule has 0 amide bonds. The van der Waals surface area contributed by atoms with Gasteiger partial charge in [0.25, 0.3) is 0 Å². The zero-order chi connectivity index (χ0) is 37.5. The number of rotatable bonds is 5. The number of fused-ring (bicyclic) bond motifs is 9. The maximum atomic E-state index is 6.50. The summed E-state index contributed by atoms with van der Waals surface area (Å²) >= 11 is 1.80. The molecule has 57 heavy (non-hydrogen) atoms. The monoisotopic (exact) mass is 746 g/mol. The molecule has 0 N–H and O–H groups in total. The molecule has 8 aromatic carbocycles. The number of para-hydroxylation sites is 2. The summed E-state index contributed by atoms with van der Waals surface area (Å²) in [5.74, 6) is 1.97. The third-order valence-corrected chi connectivity index (χ3v) is 12.2. The highest BCUT2D eigenvalue weighted by Gasteiger charge is 2.17. The minimum absolute atomic E-state index is 0.655. The van der Waals surface area contributed by atoms with Crippen molar-refractivity contribution in [1.29, 1.82) is 0 Å². The van der Waals surface area contributed by atoms with Crippen molar-refractivity contribution < 1.29 is 4.42 Å². The average Bonchev–Trinajstić information content (AvgIpc) is 3.95. The largest absolute Gasteiger partial charge is 0.456 e. The molecule has 0 aliphatic heterocycles. The van der Waals surface area contributed by atoms with Crippen molar-refractivity contribution in [1.82, 2.24) is 19.5 Å². The molecule has 12 rings (SSSR count). The zero-order valence-corrected chi connectivity index (χ0v) is 31.2. The van der Waals surface area contributed by atoms with Crippen LogP contribution in [0.4, 0.5) is 0 Å². The molecule has 0 radical (unpaired) electrons. The van der Waals surface area contributed by atoms with Crippen LogP contribution in [-0.4, -0.2) is 19.5 Å². The molecule has 4 heterocycles. The molecule has 0 aliphatic carbocycles. The Morgan fingerprint density at radius 2 is 0.930 bits per heavy atom. The summed E-state index contributed by atoms with van der Waals surface area (Å²) in [4.78, 5) is 14.8. The molecule has 4 aromatic heterocycles. The van der Waals surface area contributed by atoms with Gasteiger partial charge in [-0.3, -0.25) is 0 Å². The molecule has 0 saturated heterocycles. The number of aromatic nitrogens is 4. The fraction of sp³-hybridized carbons (Fsp3) is 0. The predicted octanol–water partition coefficient (Wildman–Crippen LogP) is 13.9. The van der Waals surface area contributed by atoms with E-state index in [1.165, 1.54) is 42.0 Å². The number of thiophene rings is 1. The van der Waals surface area contributed by atoms with Crippen molar-refractivity contribution in [3.8, 4) is 51.0 Å². The van der Waals surface area contributed by atoms with E-state index in [1.54, 1.807) is 11.3 Å². The van der Waals surface area contributed by atoms with Crippen LogP contribution in [0, 0.1) is 0 Å². The second-order valence-electron chi connectivity index (χ2n) is 14.4. The van der Waals surface area contributed by atoms with E-state index in [-0.39, 0.29) is 0 Å². The van der Waals surface area contributed by atoms with Crippen LogP contribution in [0.3, 0.4) is 0 Å². The van der Waals surface area contributed by atoms with Gasteiger partial charge < -0.3 is 8.98 Å². The van der Waals surface area contributed by atoms with Crippen LogP contribution in [0.25, 0.3) is 115 Å². The third kappa shape index (κ3) is 5.19. The first-order valence-corrected chi connectivity index (χ1v) is 19.8. The number of hydrogen-bond acceptors (Lipinski definition) is 5. The Hall–Kier alpha value is -7.41. The van der Waals surface area contributed by atoms with Crippen LogP contribution in [0.2, 0.25) is 0 Å². The van der Waals surface area contributed by atoms with E-state index in [0.717, 1.165) is 55.4 Å². The molecular weight excluding hydrogens is 717 g/mol. The molecule has 12 aromatic rings.